The minimum Gasteiger partial charge on any atom is -0.396 e. The van der Waals surface area contributed by atoms with E-state index in [0.717, 1.165) is 12.0 Å². The molecule has 41 heavy (non-hydrogen) atoms. The zero-order valence-electron chi connectivity index (χ0n) is 24.6. The fraction of sp³-hybridized carbons (Fsp3) is 0.594. The van der Waals surface area contributed by atoms with Gasteiger partial charge in [-0.05, 0) is 64.0 Å². The van der Waals surface area contributed by atoms with Crippen LogP contribution in [0.25, 0.3) is 0 Å². The topological polar surface area (TPSA) is 90.4 Å². The number of fused-ring (bicyclic) bond motifs is 1. The fourth-order valence-electron chi connectivity index (χ4n) is 7.34. The van der Waals surface area contributed by atoms with Crippen molar-refractivity contribution in [1.82, 2.24) is 9.80 Å². The first kappa shape index (κ1) is 31.3. The highest BCUT2D eigenvalue weighted by Crippen LogP contribution is 2.63. The lowest BCUT2D eigenvalue weighted by atomic mass is 9.66. The van der Waals surface area contributed by atoms with Gasteiger partial charge in [0, 0.05) is 32.8 Å². The number of anilines is 1. The van der Waals surface area contributed by atoms with Gasteiger partial charge in [0.25, 0.3) is 5.91 Å². The van der Waals surface area contributed by atoms with Gasteiger partial charge < -0.3 is 24.5 Å². The van der Waals surface area contributed by atoms with E-state index in [-0.39, 0.29) is 30.9 Å². The molecule has 5 atom stereocenters. The molecule has 1 N–H and O–H groups in total. The number of hydrogen-bond acceptors (Lipinski definition) is 5. The summed E-state index contributed by atoms with van der Waals surface area (Å²) in [4.78, 5) is 48.2. The zero-order chi connectivity index (χ0) is 29.9. The third-order valence-corrected chi connectivity index (χ3v) is 9.33. The number of amides is 3. The van der Waals surface area contributed by atoms with Crippen LogP contribution in [0.3, 0.4) is 0 Å². The van der Waals surface area contributed by atoms with E-state index in [2.05, 4.69) is 13.2 Å². The van der Waals surface area contributed by atoms with E-state index in [0.29, 0.717) is 62.4 Å². The van der Waals surface area contributed by atoms with Crippen molar-refractivity contribution in [1.29, 1.82) is 0 Å². The zero-order valence-corrected chi connectivity index (χ0v) is 25.4. The second-order valence-electron chi connectivity index (χ2n) is 11.8. The highest BCUT2D eigenvalue weighted by atomic mass is 35.5. The maximum absolute atomic E-state index is 14.7. The number of carbonyl (C=O) groups is 3. The summed E-state index contributed by atoms with van der Waals surface area (Å²) in [6.07, 6.45) is 7.16. The molecule has 1 aromatic carbocycles. The maximum Gasteiger partial charge on any atom is 0.253 e. The second kappa shape index (κ2) is 12.7. The van der Waals surface area contributed by atoms with Crippen molar-refractivity contribution in [3.05, 3.63) is 54.1 Å². The van der Waals surface area contributed by atoms with E-state index in [9.17, 15) is 19.5 Å². The van der Waals surface area contributed by atoms with Crippen LogP contribution >= 0.6 is 11.6 Å². The normalized spacial score (nSPS) is 28.1. The number of aliphatic hydroxyl groups excluding tert-OH is 1. The summed E-state index contributed by atoms with van der Waals surface area (Å²) in [6, 6.07) is 4.57. The summed E-state index contributed by atoms with van der Waals surface area (Å²) in [5.74, 6) is -2.07. The van der Waals surface area contributed by atoms with Crippen molar-refractivity contribution < 1.29 is 24.2 Å². The van der Waals surface area contributed by atoms with E-state index in [1.54, 1.807) is 32.9 Å². The number of hydrogen-bond donors (Lipinski definition) is 1. The van der Waals surface area contributed by atoms with Gasteiger partial charge >= 0.3 is 0 Å². The number of rotatable bonds is 14. The Morgan fingerprint density at radius 3 is 2.54 bits per heavy atom. The van der Waals surface area contributed by atoms with E-state index >= 15 is 0 Å². The summed E-state index contributed by atoms with van der Waals surface area (Å²) in [5, 5.41) is 9.74. The summed E-state index contributed by atoms with van der Waals surface area (Å²) in [7, 11) is 0. The van der Waals surface area contributed by atoms with E-state index in [4.69, 9.17) is 16.3 Å². The molecule has 0 saturated carbocycles. The first-order chi connectivity index (χ1) is 19.6. The van der Waals surface area contributed by atoms with E-state index < -0.39 is 29.1 Å². The van der Waals surface area contributed by atoms with Crippen LogP contribution in [0.1, 0.15) is 57.9 Å². The number of carbonyl (C=O) groups excluding carboxylic acids is 3. The molecule has 4 rings (SSSR count). The minimum atomic E-state index is -1.12. The van der Waals surface area contributed by atoms with Crippen molar-refractivity contribution in [3.8, 4) is 0 Å². The first-order valence-corrected chi connectivity index (χ1v) is 15.2. The van der Waals surface area contributed by atoms with Crippen LogP contribution in [0.15, 0.2) is 43.5 Å². The van der Waals surface area contributed by atoms with Crippen LogP contribution < -0.4 is 4.90 Å². The van der Waals surface area contributed by atoms with Crippen LogP contribution in [0.2, 0.25) is 5.02 Å². The molecule has 3 amide bonds. The molecule has 2 unspecified atom stereocenters. The number of unbranched alkanes of at least 4 members (excludes halogenated alkanes) is 2. The molecule has 3 aliphatic rings. The van der Waals surface area contributed by atoms with Gasteiger partial charge in [-0.15, -0.1) is 13.2 Å². The molecule has 1 spiro atoms. The molecule has 224 valence electrons. The Morgan fingerprint density at radius 2 is 1.90 bits per heavy atom. The fourth-order valence-corrected chi connectivity index (χ4v) is 7.66. The Kier molecular flexibility index (Phi) is 9.66. The lowest BCUT2D eigenvalue weighted by Crippen LogP contribution is -2.56. The van der Waals surface area contributed by atoms with Crippen molar-refractivity contribution in [2.45, 2.75) is 76.5 Å². The van der Waals surface area contributed by atoms with Crippen molar-refractivity contribution in [2.24, 2.45) is 11.8 Å². The monoisotopic (exact) mass is 585 g/mol. The number of aliphatic hydroxyl groups is 1. The third-order valence-electron chi connectivity index (χ3n) is 9.02. The molecular formula is C32H44ClN3O5. The summed E-state index contributed by atoms with van der Waals surface area (Å²) in [6.45, 7) is 15.1. The number of aryl methyl sites for hydroxylation is 1. The lowest BCUT2D eigenvalue weighted by Gasteiger charge is -2.37. The average molecular weight is 586 g/mol. The van der Waals surface area contributed by atoms with Gasteiger partial charge in [0.05, 0.1) is 28.1 Å². The quantitative estimate of drug-likeness (QED) is 0.256. The Balaban J connectivity index is 1.80. The number of likely N-dealkylation sites (tertiary alicyclic amines) is 1. The van der Waals surface area contributed by atoms with Crippen molar-refractivity contribution in [3.63, 3.8) is 0 Å². The molecule has 0 aliphatic carbocycles. The Bertz CT molecular complexity index is 1170. The molecule has 3 fully saturated rings. The predicted octanol–water partition coefficient (Wildman–Crippen LogP) is 4.52. The summed E-state index contributed by atoms with van der Waals surface area (Å²) >= 11 is 6.64. The smallest absolute Gasteiger partial charge is 0.253 e. The number of benzene rings is 1. The van der Waals surface area contributed by atoms with Gasteiger partial charge in [0.15, 0.2) is 0 Å². The molecule has 2 bridgehead atoms. The predicted molar refractivity (Wildman–Crippen MR) is 161 cm³/mol. The highest BCUT2D eigenvalue weighted by molar-refractivity contribution is 6.34. The van der Waals surface area contributed by atoms with Crippen molar-refractivity contribution in [2.75, 3.05) is 37.7 Å². The van der Waals surface area contributed by atoms with Gasteiger partial charge in [-0.25, -0.2) is 0 Å². The SMILES string of the molecule is C=CCN(CCC)C(=O)[C@@H]1[C@H]2C(=O)N(CCCCCO)C(C(=O)N(CC=C)c3c(C)cccc3Cl)C23CC[C@@]1(C)O3. The number of ether oxygens (including phenoxy) is 1. The molecule has 9 heteroatoms. The van der Waals surface area contributed by atoms with Crippen molar-refractivity contribution >= 4 is 35.0 Å². The number of halogens is 1. The van der Waals surface area contributed by atoms with Crippen LogP contribution in [0.5, 0.6) is 0 Å². The first-order valence-electron chi connectivity index (χ1n) is 14.8. The van der Waals surface area contributed by atoms with Crippen LogP contribution in [0.4, 0.5) is 5.69 Å². The molecule has 3 saturated heterocycles. The molecule has 3 heterocycles. The maximum atomic E-state index is 14.7. The Hall–Kier alpha value is -2.68. The van der Waals surface area contributed by atoms with Gasteiger partial charge in [0.2, 0.25) is 11.8 Å². The highest BCUT2D eigenvalue weighted by Gasteiger charge is 2.78. The molecule has 0 aromatic heterocycles. The Labute approximate surface area is 248 Å². The summed E-state index contributed by atoms with van der Waals surface area (Å²) < 4.78 is 6.82. The Morgan fingerprint density at radius 1 is 1.17 bits per heavy atom. The number of nitrogens with zero attached hydrogens (tertiary/aromatic N) is 3. The molecule has 0 radical (unpaired) electrons. The molecule has 1 aromatic rings. The summed E-state index contributed by atoms with van der Waals surface area (Å²) in [5.41, 5.74) is -0.564. The second-order valence-corrected chi connectivity index (χ2v) is 12.2. The van der Waals surface area contributed by atoms with E-state index in [1.165, 1.54) is 0 Å². The number of para-hydroxylation sites is 1. The van der Waals surface area contributed by atoms with Crippen LogP contribution in [-0.4, -0.2) is 82.7 Å². The largest absolute Gasteiger partial charge is 0.396 e. The molecule has 8 nitrogen and oxygen atoms in total. The molecular weight excluding hydrogens is 542 g/mol. The third kappa shape index (κ3) is 5.35. The van der Waals surface area contributed by atoms with Gasteiger partial charge in [-0.3, -0.25) is 14.4 Å². The minimum absolute atomic E-state index is 0.0658. The lowest BCUT2D eigenvalue weighted by molar-refractivity contribution is -0.149. The van der Waals surface area contributed by atoms with Crippen LogP contribution in [0, 0.1) is 18.8 Å². The van der Waals surface area contributed by atoms with Gasteiger partial charge in [-0.1, -0.05) is 42.8 Å². The standard InChI is InChI=1S/C32H44ClN3O5/c1-6-17-34(18-7-2)28(38)24-25-29(39)36(20-10-9-11-21-37)27(32(25)16-15-31(24,5)41-32)30(40)35(19-8-3)26-22(4)13-12-14-23(26)33/h6,8,12-14,24-25,27,37H,1,3,7,9-11,15-21H2,2,4-5H3/t24-,25-,27?,31+,32?/m0/s1. The van der Waals surface area contributed by atoms with Gasteiger partial charge in [0.1, 0.15) is 11.6 Å². The molecule has 3 aliphatic heterocycles. The van der Waals surface area contributed by atoms with E-state index in [1.807, 2.05) is 32.9 Å². The van der Waals surface area contributed by atoms with Crippen LogP contribution in [-0.2, 0) is 19.1 Å². The van der Waals surface area contributed by atoms with Gasteiger partial charge in [-0.2, -0.15) is 0 Å². The average Bonchev–Trinajstić information content (AvgIpc) is 3.50.